The Morgan fingerprint density at radius 2 is 2.17 bits per heavy atom. The van der Waals surface area contributed by atoms with Gasteiger partial charge in [0.25, 0.3) is 5.91 Å². The van der Waals surface area contributed by atoms with Gasteiger partial charge in [-0.2, -0.15) is 0 Å². The van der Waals surface area contributed by atoms with Crippen molar-refractivity contribution in [2.45, 2.75) is 39.0 Å². The topological polar surface area (TPSA) is 42.0 Å². The van der Waals surface area contributed by atoms with Crippen molar-refractivity contribution < 1.29 is 4.79 Å². The van der Waals surface area contributed by atoms with E-state index in [0.717, 1.165) is 6.54 Å². The number of hydrogen-bond acceptors (Lipinski definition) is 2. The number of hydrogen-bond donors (Lipinski definition) is 1. The van der Waals surface area contributed by atoms with Gasteiger partial charge in [-0.1, -0.05) is 26.2 Å². The zero-order valence-electron chi connectivity index (χ0n) is 10.7. The molecule has 1 aromatic rings. The maximum atomic E-state index is 12.1. The van der Waals surface area contributed by atoms with Crippen LogP contribution in [0.25, 0.3) is 0 Å². The van der Waals surface area contributed by atoms with Gasteiger partial charge in [-0.05, 0) is 46.3 Å². The minimum atomic E-state index is -0.0400. The van der Waals surface area contributed by atoms with Crippen LogP contribution in [0.15, 0.2) is 22.9 Å². The number of amides is 1. The molecule has 98 valence electrons. The van der Waals surface area contributed by atoms with Gasteiger partial charge in [0.05, 0.1) is 5.56 Å². The summed E-state index contributed by atoms with van der Waals surface area (Å²) in [5.41, 5.74) is 0.875. The quantitative estimate of drug-likeness (QED) is 0.868. The predicted molar refractivity (Wildman–Crippen MR) is 75.5 cm³/mol. The minimum absolute atomic E-state index is 0.0400. The molecule has 1 aliphatic carbocycles. The number of nitrogens with one attached hydrogen (secondary N) is 1. The van der Waals surface area contributed by atoms with E-state index in [-0.39, 0.29) is 11.3 Å². The Kier molecular flexibility index (Phi) is 4.38. The molecular weight excluding hydrogens is 292 g/mol. The lowest BCUT2D eigenvalue weighted by Crippen LogP contribution is -2.37. The van der Waals surface area contributed by atoms with Gasteiger partial charge in [0, 0.05) is 12.7 Å². The molecule has 0 radical (unpaired) electrons. The van der Waals surface area contributed by atoms with Crippen LogP contribution in [0.2, 0.25) is 0 Å². The molecule has 0 aromatic carbocycles. The summed E-state index contributed by atoms with van der Waals surface area (Å²) in [4.78, 5) is 16.1. The van der Waals surface area contributed by atoms with Crippen molar-refractivity contribution in [3.8, 4) is 0 Å². The fourth-order valence-electron chi connectivity index (χ4n) is 2.53. The number of aromatic nitrogens is 1. The molecule has 0 aliphatic heterocycles. The van der Waals surface area contributed by atoms with Crippen LogP contribution >= 0.6 is 15.9 Å². The third-order valence-corrected chi connectivity index (χ3v) is 4.37. The molecule has 2 rings (SSSR count). The first kappa shape index (κ1) is 13.5. The smallest absolute Gasteiger partial charge is 0.254 e. The van der Waals surface area contributed by atoms with E-state index in [2.05, 4.69) is 33.2 Å². The van der Waals surface area contributed by atoms with Crippen molar-refractivity contribution in [3.63, 3.8) is 0 Å². The largest absolute Gasteiger partial charge is 0.351 e. The monoisotopic (exact) mass is 310 g/mol. The van der Waals surface area contributed by atoms with Crippen LogP contribution in [-0.2, 0) is 0 Å². The molecule has 1 fully saturated rings. The van der Waals surface area contributed by atoms with Gasteiger partial charge in [0.2, 0.25) is 0 Å². The Balaban J connectivity index is 1.94. The van der Waals surface area contributed by atoms with E-state index < -0.39 is 0 Å². The first-order valence-corrected chi connectivity index (χ1v) is 7.29. The minimum Gasteiger partial charge on any atom is -0.351 e. The first-order chi connectivity index (χ1) is 8.61. The average Bonchev–Trinajstić information content (AvgIpc) is 2.38. The first-order valence-electron chi connectivity index (χ1n) is 6.49. The van der Waals surface area contributed by atoms with Gasteiger partial charge in [0.15, 0.2) is 0 Å². The highest BCUT2D eigenvalue weighted by Crippen LogP contribution is 2.35. The number of carbonyl (C=O) groups is 1. The maximum absolute atomic E-state index is 12.1. The van der Waals surface area contributed by atoms with Crippen LogP contribution in [0, 0.1) is 5.41 Å². The van der Waals surface area contributed by atoms with Gasteiger partial charge in [-0.3, -0.25) is 4.79 Å². The maximum Gasteiger partial charge on any atom is 0.254 e. The third kappa shape index (κ3) is 3.31. The van der Waals surface area contributed by atoms with Gasteiger partial charge in [-0.15, -0.1) is 0 Å². The Hall–Kier alpha value is -0.900. The van der Waals surface area contributed by atoms with Crippen molar-refractivity contribution >= 4 is 21.8 Å². The summed E-state index contributed by atoms with van der Waals surface area (Å²) < 4.78 is 0.608. The molecule has 1 saturated carbocycles. The zero-order chi connectivity index (χ0) is 13.0. The standard InChI is InChI=1S/C14H19BrN2O/c1-14(7-3-2-4-8-14)10-17-13(18)11-6-5-9-16-12(11)15/h5-6,9H,2-4,7-8,10H2,1H3,(H,17,18). The molecule has 1 N–H and O–H groups in total. The number of pyridine rings is 1. The van der Waals surface area contributed by atoms with Crippen LogP contribution in [0.5, 0.6) is 0 Å². The Morgan fingerprint density at radius 3 is 2.83 bits per heavy atom. The molecule has 1 heterocycles. The average molecular weight is 311 g/mol. The molecule has 3 nitrogen and oxygen atoms in total. The second-order valence-corrected chi connectivity index (χ2v) is 6.15. The molecule has 1 amide bonds. The fraction of sp³-hybridized carbons (Fsp3) is 0.571. The van der Waals surface area contributed by atoms with E-state index in [1.165, 1.54) is 32.1 Å². The number of nitrogens with zero attached hydrogens (tertiary/aromatic N) is 1. The predicted octanol–water partition coefficient (Wildman–Crippen LogP) is 3.54. The van der Waals surface area contributed by atoms with Crippen molar-refractivity contribution in [3.05, 3.63) is 28.5 Å². The second-order valence-electron chi connectivity index (χ2n) is 5.40. The molecule has 1 aliphatic rings. The molecule has 0 unspecified atom stereocenters. The van der Waals surface area contributed by atoms with Gasteiger partial charge in [-0.25, -0.2) is 4.98 Å². The molecule has 0 bridgehead atoms. The van der Waals surface area contributed by atoms with Crippen molar-refractivity contribution in [1.29, 1.82) is 0 Å². The molecular formula is C14H19BrN2O. The fourth-order valence-corrected chi connectivity index (χ4v) is 2.96. The molecule has 4 heteroatoms. The summed E-state index contributed by atoms with van der Waals surface area (Å²) in [5, 5.41) is 3.04. The lowest BCUT2D eigenvalue weighted by atomic mass is 9.76. The zero-order valence-corrected chi connectivity index (χ0v) is 12.3. The summed E-state index contributed by atoms with van der Waals surface area (Å²) in [6.45, 7) is 3.03. The summed E-state index contributed by atoms with van der Waals surface area (Å²) in [6.07, 6.45) is 7.98. The second kappa shape index (κ2) is 5.83. The van der Waals surface area contributed by atoms with Gasteiger partial charge < -0.3 is 5.32 Å². The van der Waals surface area contributed by atoms with E-state index in [1.54, 1.807) is 18.3 Å². The van der Waals surface area contributed by atoms with E-state index in [4.69, 9.17) is 0 Å². The summed E-state index contributed by atoms with van der Waals surface area (Å²) in [6, 6.07) is 3.57. The normalized spacial score (nSPS) is 18.3. The van der Waals surface area contributed by atoms with Crippen molar-refractivity contribution in [2.24, 2.45) is 5.41 Å². The highest BCUT2D eigenvalue weighted by Gasteiger charge is 2.27. The molecule has 0 saturated heterocycles. The highest BCUT2D eigenvalue weighted by molar-refractivity contribution is 9.10. The van der Waals surface area contributed by atoms with E-state index in [9.17, 15) is 4.79 Å². The van der Waals surface area contributed by atoms with Gasteiger partial charge >= 0.3 is 0 Å². The lowest BCUT2D eigenvalue weighted by Gasteiger charge is -2.33. The molecule has 0 spiro atoms. The van der Waals surface area contributed by atoms with Crippen LogP contribution < -0.4 is 5.32 Å². The SMILES string of the molecule is CC1(CNC(=O)c2cccnc2Br)CCCCC1. The highest BCUT2D eigenvalue weighted by atomic mass is 79.9. The Morgan fingerprint density at radius 1 is 1.44 bits per heavy atom. The summed E-state index contributed by atoms with van der Waals surface area (Å²) in [5.74, 6) is -0.0400. The molecule has 18 heavy (non-hydrogen) atoms. The van der Waals surface area contributed by atoms with Crippen LogP contribution in [-0.4, -0.2) is 17.4 Å². The lowest BCUT2D eigenvalue weighted by molar-refractivity contribution is 0.0918. The van der Waals surface area contributed by atoms with Crippen LogP contribution in [0.1, 0.15) is 49.4 Å². The number of halogens is 1. The van der Waals surface area contributed by atoms with E-state index in [0.29, 0.717) is 10.2 Å². The molecule has 0 atom stereocenters. The van der Waals surface area contributed by atoms with Crippen LogP contribution in [0.4, 0.5) is 0 Å². The molecule has 1 aromatic heterocycles. The van der Waals surface area contributed by atoms with E-state index in [1.807, 2.05) is 0 Å². The Bertz CT molecular complexity index is 428. The van der Waals surface area contributed by atoms with Crippen molar-refractivity contribution in [1.82, 2.24) is 10.3 Å². The van der Waals surface area contributed by atoms with Gasteiger partial charge in [0.1, 0.15) is 4.60 Å². The number of rotatable bonds is 3. The third-order valence-electron chi connectivity index (χ3n) is 3.74. The van der Waals surface area contributed by atoms with Crippen LogP contribution in [0.3, 0.4) is 0 Å². The Labute approximate surface area is 117 Å². The summed E-state index contributed by atoms with van der Waals surface area (Å²) >= 11 is 3.30. The number of carbonyl (C=O) groups excluding carboxylic acids is 1. The van der Waals surface area contributed by atoms with E-state index >= 15 is 0 Å². The summed E-state index contributed by atoms with van der Waals surface area (Å²) in [7, 11) is 0. The van der Waals surface area contributed by atoms with Crippen molar-refractivity contribution in [2.75, 3.05) is 6.54 Å².